The Bertz CT molecular complexity index is 415. The van der Waals surface area contributed by atoms with Gasteiger partial charge >= 0.3 is 0 Å². The van der Waals surface area contributed by atoms with Crippen LogP contribution in [0.5, 0.6) is 5.75 Å². The van der Waals surface area contributed by atoms with Gasteiger partial charge in [0.25, 0.3) is 0 Å². The van der Waals surface area contributed by atoms with Gasteiger partial charge in [-0.1, -0.05) is 19.9 Å². The van der Waals surface area contributed by atoms with Crippen LogP contribution in [0.4, 0.5) is 0 Å². The molecule has 1 saturated heterocycles. The van der Waals surface area contributed by atoms with E-state index in [4.69, 9.17) is 4.74 Å². The third-order valence-electron chi connectivity index (χ3n) is 4.38. The van der Waals surface area contributed by atoms with Crippen LogP contribution in [0.25, 0.3) is 0 Å². The van der Waals surface area contributed by atoms with Gasteiger partial charge in [-0.25, -0.2) is 0 Å². The van der Waals surface area contributed by atoms with Gasteiger partial charge in [0, 0.05) is 0 Å². The van der Waals surface area contributed by atoms with E-state index >= 15 is 0 Å². The largest absolute Gasteiger partial charge is 0.492 e. The molecule has 1 aliphatic rings. The summed E-state index contributed by atoms with van der Waals surface area (Å²) in [5, 5.41) is 3.41. The molecule has 1 unspecified atom stereocenters. The molecule has 0 amide bonds. The lowest BCUT2D eigenvalue weighted by Crippen LogP contribution is -2.28. The van der Waals surface area contributed by atoms with Crippen LogP contribution < -0.4 is 10.1 Å². The lowest BCUT2D eigenvalue weighted by Gasteiger charge is -2.22. The van der Waals surface area contributed by atoms with E-state index in [-0.39, 0.29) is 0 Å². The average molecular weight is 340 g/mol. The van der Waals surface area contributed by atoms with Gasteiger partial charge in [0.05, 0.1) is 11.1 Å². The lowest BCUT2D eigenvalue weighted by molar-refractivity contribution is 0.250. The highest BCUT2D eigenvalue weighted by atomic mass is 79.9. The summed E-state index contributed by atoms with van der Waals surface area (Å²) in [6.45, 7) is 7.64. The zero-order valence-corrected chi connectivity index (χ0v) is 14.2. The van der Waals surface area contributed by atoms with Crippen LogP contribution in [-0.2, 0) is 0 Å². The predicted octanol–water partition coefficient (Wildman–Crippen LogP) is 4.73. The van der Waals surface area contributed by atoms with Crippen molar-refractivity contribution in [2.75, 3.05) is 19.7 Å². The van der Waals surface area contributed by atoms with E-state index in [0.717, 1.165) is 35.8 Å². The summed E-state index contributed by atoms with van der Waals surface area (Å²) in [5.74, 6) is 2.41. The summed E-state index contributed by atoms with van der Waals surface area (Å²) in [7, 11) is 0. The van der Waals surface area contributed by atoms with Crippen LogP contribution in [0.15, 0.2) is 22.7 Å². The second kappa shape index (κ2) is 8.04. The number of nitrogens with one attached hydrogen (secondary N) is 1. The first-order valence-electron chi connectivity index (χ1n) is 7.83. The molecule has 1 fully saturated rings. The number of piperidine rings is 1. The molecule has 112 valence electrons. The molecule has 0 bridgehead atoms. The van der Waals surface area contributed by atoms with Crippen molar-refractivity contribution in [2.45, 2.75) is 45.4 Å². The topological polar surface area (TPSA) is 21.3 Å². The van der Waals surface area contributed by atoms with Crippen LogP contribution in [-0.4, -0.2) is 19.7 Å². The van der Waals surface area contributed by atoms with Crippen LogP contribution >= 0.6 is 15.9 Å². The average Bonchev–Trinajstić information content (AvgIpc) is 2.49. The van der Waals surface area contributed by atoms with E-state index in [1.807, 2.05) is 0 Å². The highest BCUT2D eigenvalue weighted by Gasteiger charge is 2.13. The van der Waals surface area contributed by atoms with Gasteiger partial charge < -0.3 is 10.1 Å². The number of ether oxygens (including phenoxy) is 1. The molecular formula is C17H26BrNO. The number of rotatable bonds is 6. The van der Waals surface area contributed by atoms with Crippen molar-refractivity contribution in [3.8, 4) is 5.75 Å². The van der Waals surface area contributed by atoms with Crippen molar-refractivity contribution in [1.29, 1.82) is 0 Å². The molecule has 2 rings (SSSR count). The van der Waals surface area contributed by atoms with Crippen molar-refractivity contribution in [3.63, 3.8) is 0 Å². The first-order chi connectivity index (χ1) is 9.70. The van der Waals surface area contributed by atoms with Crippen LogP contribution in [0, 0.1) is 5.92 Å². The van der Waals surface area contributed by atoms with Crippen molar-refractivity contribution in [3.05, 3.63) is 28.2 Å². The molecule has 1 aromatic carbocycles. The minimum Gasteiger partial charge on any atom is -0.492 e. The summed E-state index contributed by atoms with van der Waals surface area (Å²) in [5.41, 5.74) is 1.38. The Labute approximate surface area is 131 Å². The molecule has 1 atom stereocenters. The van der Waals surface area contributed by atoms with E-state index < -0.39 is 0 Å². The van der Waals surface area contributed by atoms with Gasteiger partial charge in [0.2, 0.25) is 0 Å². The molecule has 1 aliphatic heterocycles. The first kappa shape index (κ1) is 15.8. The maximum absolute atomic E-state index is 5.94. The predicted molar refractivity (Wildman–Crippen MR) is 88.6 cm³/mol. The Kier molecular flexibility index (Phi) is 6.37. The molecule has 1 aromatic rings. The molecule has 0 radical (unpaired) electrons. The highest BCUT2D eigenvalue weighted by Crippen LogP contribution is 2.30. The number of benzene rings is 1. The maximum Gasteiger partial charge on any atom is 0.133 e. The zero-order chi connectivity index (χ0) is 14.4. The minimum atomic E-state index is 0.607. The van der Waals surface area contributed by atoms with Crippen molar-refractivity contribution >= 4 is 15.9 Å². The smallest absolute Gasteiger partial charge is 0.133 e. The number of halogens is 1. The van der Waals surface area contributed by atoms with E-state index in [9.17, 15) is 0 Å². The summed E-state index contributed by atoms with van der Waals surface area (Å²) < 4.78 is 7.02. The number of hydrogen-bond donors (Lipinski definition) is 1. The Morgan fingerprint density at radius 2 is 2.10 bits per heavy atom. The molecule has 3 heteroatoms. The Balaban J connectivity index is 1.83. The molecule has 0 aliphatic carbocycles. The summed E-state index contributed by atoms with van der Waals surface area (Å²) in [4.78, 5) is 0. The molecule has 0 aromatic heterocycles. The first-order valence-corrected chi connectivity index (χ1v) is 8.63. The minimum absolute atomic E-state index is 0.607. The standard InChI is InChI=1S/C17H26BrNO/c1-3-13(2)15-4-5-17(16(18)12-15)20-11-8-14-6-9-19-10-7-14/h4-5,12-14,19H,3,6-11H2,1-2H3. The third kappa shape index (κ3) is 4.49. The molecule has 1 heterocycles. The fraction of sp³-hybridized carbons (Fsp3) is 0.647. The van der Waals surface area contributed by atoms with E-state index in [0.29, 0.717) is 5.92 Å². The van der Waals surface area contributed by atoms with E-state index in [2.05, 4.69) is 53.3 Å². The van der Waals surface area contributed by atoms with Crippen molar-refractivity contribution < 1.29 is 4.74 Å². The molecule has 1 N–H and O–H groups in total. The van der Waals surface area contributed by atoms with E-state index in [1.165, 1.54) is 31.2 Å². The lowest BCUT2D eigenvalue weighted by atomic mass is 9.95. The number of hydrogen-bond acceptors (Lipinski definition) is 2. The highest BCUT2D eigenvalue weighted by molar-refractivity contribution is 9.10. The van der Waals surface area contributed by atoms with Gasteiger partial charge in [0.1, 0.15) is 5.75 Å². The van der Waals surface area contributed by atoms with Gasteiger partial charge in [0.15, 0.2) is 0 Å². The fourth-order valence-electron chi connectivity index (χ4n) is 2.68. The van der Waals surface area contributed by atoms with Gasteiger partial charge in [-0.15, -0.1) is 0 Å². The summed E-state index contributed by atoms with van der Waals surface area (Å²) in [6, 6.07) is 6.50. The second-order valence-corrected chi connectivity index (χ2v) is 6.68. The van der Waals surface area contributed by atoms with Crippen LogP contribution in [0.1, 0.15) is 51.0 Å². The SMILES string of the molecule is CCC(C)c1ccc(OCCC2CCNCC2)c(Br)c1. The molecule has 2 nitrogen and oxygen atoms in total. The van der Waals surface area contributed by atoms with Crippen molar-refractivity contribution in [1.82, 2.24) is 5.32 Å². The third-order valence-corrected chi connectivity index (χ3v) is 5.00. The molecular weight excluding hydrogens is 314 g/mol. The monoisotopic (exact) mass is 339 g/mol. The Morgan fingerprint density at radius 3 is 2.75 bits per heavy atom. The molecule has 20 heavy (non-hydrogen) atoms. The van der Waals surface area contributed by atoms with E-state index in [1.54, 1.807) is 0 Å². The Morgan fingerprint density at radius 1 is 1.35 bits per heavy atom. The summed E-state index contributed by atoms with van der Waals surface area (Å²) >= 11 is 3.64. The summed E-state index contributed by atoms with van der Waals surface area (Å²) in [6.07, 6.45) is 4.92. The van der Waals surface area contributed by atoms with Gasteiger partial charge in [-0.2, -0.15) is 0 Å². The fourth-order valence-corrected chi connectivity index (χ4v) is 3.19. The molecule has 0 saturated carbocycles. The molecule has 0 spiro atoms. The second-order valence-electron chi connectivity index (χ2n) is 5.83. The zero-order valence-electron chi connectivity index (χ0n) is 12.6. The Hall–Kier alpha value is -0.540. The van der Waals surface area contributed by atoms with Crippen LogP contribution in [0.3, 0.4) is 0 Å². The van der Waals surface area contributed by atoms with Crippen LogP contribution in [0.2, 0.25) is 0 Å². The maximum atomic E-state index is 5.94. The van der Waals surface area contributed by atoms with Crippen molar-refractivity contribution in [2.24, 2.45) is 5.92 Å². The normalized spacial score (nSPS) is 17.9. The quantitative estimate of drug-likeness (QED) is 0.808. The van der Waals surface area contributed by atoms with Gasteiger partial charge in [-0.05, 0) is 84.2 Å². The van der Waals surface area contributed by atoms with Gasteiger partial charge in [-0.3, -0.25) is 0 Å².